The Balaban J connectivity index is 1.15. The van der Waals surface area contributed by atoms with Gasteiger partial charge in [0.1, 0.15) is 0 Å². The number of rotatable bonds is 8. The molecule has 0 atom stereocenters. The van der Waals surface area contributed by atoms with Crippen molar-refractivity contribution < 1.29 is 26.3 Å². The van der Waals surface area contributed by atoms with Gasteiger partial charge in [-0.05, 0) is 185 Å². The Kier molecular flexibility index (Phi) is 12.4. The number of nitriles is 1. The van der Waals surface area contributed by atoms with Crippen molar-refractivity contribution in [3.05, 3.63) is 263 Å². The minimum absolute atomic E-state index is 0.288. The first-order valence-electron chi connectivity index (χ1n) is 26.9. The van der Waals surface area contributed by atoms with Gasteiger partial charge in [0.05, 0.1) is 56.2 Å². The highest BCUT2D eigenvalue weighted by molar-refractivity contribution is 6.14. The van der Waals surface area contributed by atoms with Crippen LogP contribution in [0, 0.1) is 39.0 Å². The molecule has 2 heterocycles. The van der Waals surface area contributed by atoms with Gasteiger partial charge in [0.15, 0.2) is 0 Å². The van der Waals surface area contributed by atoms with Gasteiger partial charge in [-0.2, -0.15) is 31.6 Å². The zero-order valence-electron chi connectivity index (χ0n) is 45.0. The van der Waals surface area contributed by atoms with Crippen LogP contribution < -0.4 is 0 Å². The molecule has 398 valence electrons. The summed E-state index contributed by atoms with van der Waals surface area (Å²) < 4.78 is 95.7. The summed E-state index contributed by atoms with van der Waals surface area (Å²) in [6.45, 7) is 8.25. The van der Waals surface area contributed by atoms with E-state index in [2.05, 4.69) is 109 Å². The highest BCUT2D eigenvalue weighted by Crippen LogP contribution is 2.49. The summed E-state index contributed by atoms with van der Waals surface area (Å²) in [5.74, 6) is 0. The van der Waals surface area contributed by atoms with Crippen LogP contribution in [0.2, 0.25) is 0 Å². The van der Waals surface area contributed by atoms with Crippen molar-refractivity contribution in [2.24, 2.45) is 0 Å². The van der Waals surface area contributed by atoms with Crippen LogP contribution in [0.15, 0.2) is 224 Å². The molecule has 0 spiro atoms. The minimum Gasteiger partial charge on any atom is -0.309 e. The lowest BCUT2D eigenvalue weighted by molar-refractivity contribution is -0.142. The molecule has 0 radical (unpaired) electrons. The maximum atomic E-state index is 15.3. The number of alkyl halides is 6. The average molecular weight is 1080 g/mol. The largest absolute Gasteiger partial charge is 0.417 e. The van der Waals surface area contributed by atoms with Gasteiger partial charge in [0.25, 0.3) is 0 Å². The molecule has 0 aliphatic carbocycles. The van der Waals surface area contributed by atoms with E-state index >= 15 is 26.3 Å². The Hall–Kier alpha value is -9.91. The van der Waals surface area contributed by atoms with Crippen LogP contribution in [0.4, 0.5) is 26.3 Å². The van der Waals surface area contributed by atoms with Gasteiger partial charge in [-0.25, -0.2) is 0 Å². The zero-order chi connectivity index (χ0) is 56.8. The molecular weight excluding hydrogens is 1030 g/mol. The van der Waals surface area contributed by atoms with Gasteiger partial charge >= 0.3 is 12.4 Å². The normalized spacial score (nSPS) is 12.0. The first-order chi connectivity index (χ1) is 39.5. The van der Waals surface area contributed by atoms with Crippen LogP contribution in [-0.4, -0.2) is 9.13 Å². The van der Waals surface area contributed by atoms with Crippen LogP contribution in [-0.2, 0) is 12.4 Å². The summed E-state index contributed by atoms with van der Waals surface area (Å²) in [4.78, 5) is 0. The summed E-state index contributed by atoms with van der Waals surface area (Å²) in [6.07, 6.45) is -10.3. The monoisotopic (exact) mass is 1080 g/mol. The summed E-state index contributed by atoms with van der Waals surface area (Å²) in [7, 11) is 0. The first-order valence-corrected chi connectivity index (χ1v) is 26.9. The quantitative estimate of drug-likeness (QED) is 0.140. The average Bonchev–Trinajstić information content (AvgIpc) is 3.48. The molecule has 13 rings (SSSR count). The van der Waals surface area contributed by atoms with Crippen molar-refractivity contribution in [1.29, 1.82) is 5.26 Å². The first kappa shape index (κ1) is 51.5. The fourth-order valence-electron chi connectivity index (χ4n) is 12.3. The molecule has 0 saturated carbocycles. The second-order valence-corrected chi connectivity index (χ2v) is 21.2. The number of fused-ring (bicyclic) bond motifs is 6. The molecule has 0 aliphatic heterocycles. The smallest absolute Gasteiger partial charge is 0.309 e. The van der Waals surface area contributed by atoms with E-state index in [1.165, 1.54) is 12.1 Å². The minimum atomic E-state index is -5.15. The Morgan fingerprint density at radius 2 is 0.671 bits per heavy atom. The zero-order valence-corrected chi connectivity index (χ0v) is 45.0. The maximum Gasteiger partial charge on any atom is 0.417 e. The highest BCUT2D eigenvalue weighted by atomic mass is 19.4. The SMILES string of the molecule is Cc1ccccc1-c1ccc2c(c1)c1cc(-c3ccccc3C)ccc1n2-c1ccc(C#N)cc1-c1ccc(-c2c(C(F)(F)F)cccc2C(F)(F)F)cc1-n1c2ccc(-c3ccccc3C)cc2c2cc(-c3ccccc3C)ccc21. The molecule has 0 bridgehead atoms. The van der Waals surface area contributed by atoms with Crippen LogP contribution in [0.25, 0.3) is 122 Å². The summed E-state index contributed by atoms with van der Waals surface area (Å²) in [6, 6.07) is 71.8. The number of hydrogen-bond donors (Lipinski definition) is 0. The lowest BCUT2D eigenvalue weighted by atomic mass is 9.90. The molecular formula is C73H49F6N3. The second kappa shape index (κ2) is 19.7. The summed E-state index contributed by atoms with van der Waals surface area (Å²) in [5.41, 5.74) is 13.5. The lowest BCUT2D eigenvalue weighted by Gasteiger charge is -2.22. The summed E-state index contributed by atoms with van der Waals surface area (Å²) >= 11 is 0. The third-order valence-corrected chi connectivity index (χ3v) is 16.2. The van der Waals surface area contributed by atoms with E-state index in [0.29, 0.717) is 51.2 Å². The molecule has 2 aromatic heterocycles. The summed E-state index contributed by atoms with van der Waals surface area (Å²) in [5, 5.41) is 14.3. The molecule has 9 heteroatoms. The molecule has 0 fully saturated rings. The van der Waals surface area contributed by atoms with E-state index in [9.17, 15) is 5.26 Å². The molecule has 0 aliphatic rings. The van der Waals surface area contributed by atoms with Crippen LogP contribution >= 0.6 is 0 Å². The van der Waals surface area contributed by atoms with Gasteiger partial charge in [-0.1, -0.05) is 140 Å². The van der Waals surface area contributed by atoms with Crippen LogP contribution in [0.3, 0.4) is 0 Å². The fourth-order valence-corrected chi connectivity index (χ4v) is 12.3. The molecule has 0 N–H and O–H groups in total. The van der Waals surface area contributed by atoms with Crippen molar-refractivity contribution in [3.63, 3.8) is 0 Å². The highest BCUT2D eigenvalue weighted by Gasteiger charge is 2.41. The number of aromatic nitrogens is 2. The van der Waals surface area contributed by atoms with E-state index < -0.39 is 29.0 Å². The van der Waals surface area contributed by atoms with E-state index in [1.807, 2.05) is 109 Å². The van der Waals surface area contributed by atoms with E-state index in [-0.39, 0.29) is 5.56 Å². The van der Waals surface area contributed by atoms with E-state index in [0.717, 1.165) is 105 Å². The molecule has 0 amide bonds. The predicted octanol–water partition coefficient (Wildman–Crippen LogP) is 21.0. The van der Waals surface area contributed by atoms with Gasteiger partial charge < -0.3 is 9.13 Å². The van der Waals surface area contributed by atoms with Crippen molar-refractivity contribution in [3.8, 4) is 84.2 Å². The number of aryl methyl sites for hydroxylation is 4. The molecule has 0 unspecified atom stereocenters. The van der Waals surface area contributed by atoms with Crippen LogP contribution in [0.1, 0.15) is 38.9 Å². The molecule has 13 aromatic rings. The number of halogens is 6. The maximum absolute atomic E-state index is 15.3. The number of nitrogens with zero attached hydrogens (tertiary/aromatic N) is 3. The molecule has 11 aromatic carbocycles. The number of hydrogen-bond acceptors (Lipinski definition) is 1. The van der Waals surface area contributed by atoms with E-state index in [4.69, 9.17) is 0 Å². The third kappa shape index (κ3) is 8.70. The fraction of sp³-hybridized carbons (Fsp3) is 0.0822. The Morgan fingerprint density at radius 3 is 1.02 bits per heavy atom. The van der Waals surface area contributed by atoms with Gasteiger partial charge in [-0.15, -0.1) is 0 Å². The van der Waals surface area contributed by atoms with Crippen molar-refractivity contribution in [2.45, 2.75) is 40.0 Å². The molecule has 82 heavy (non-hydrogen) atoms. The molecule has 3 nitrogen and oxygen atoms in total. The Bertz CT molecular complexity index is 4560. The second-order valence-electron chi connectivity index (χ2n) is 21.2. The van der Waals surface area contributed by atoms with Gasteiger partial charge in [-0.3, -0.25) is 0 Å². The Labute approximate surface area is 469 Å². The predicted molar refractivity (Wildman–Crippen MR) is 321 cm³/mol. The van der Waals surface area contributed by atoms with Gasteiger partial charge in [0, 0.05) is 38.2 Å². The van der Waals surface area contributed by atoms with Crippen molar-refractivity contribution in [1.82, 2.24) is 9.13 Å². The van der Waals surface area contributed by atoms with Gasteiger partial charge in [0.2, 0.25) is 0 Å². The third-order valence-electron chi connectivity index (χ3n) is 16.2. The topological polar surface area (TPSA) is 33.6 Å². The Morgan fingerprint density at radius 1 is 0.317 bits per heavy atom. The van der Waals surface area contributed by atoms with Crippen LogP contribution in [0.5, 0.6) is 0 Å². The van der Waals surface area contributed by atoms with Crippen molar-refractivity contribution in [2.75, 3.05) is 0 Å². The van der Waals surface area contributed by atoms with Crippen molar-refractivity contribution >= 4 is 43.6 Å². The lowest BCUT2D eigenvalue weighted by Crippen LogP contribution is -2.14. The molecule has 0 saturated heterocycles. The number of benzene rings is 11. The van der Waals surface area contributed by atoms with E-state index in [1.54, 1.807) is 18.2 Å². The standard InChI is InChI=1S/C73H49F6N3/c1-43-14-5-9-18-53(43)48-26-32-66-59(37-48)60-38-49(54-19-10-6-15-44(54)2)27-33-67(60)81(66)65-31-24-47(42-80)36-58(65)57-30-25-52(71-63(72(74,75)76)22-13-23-64(71)73(77,78)79)41-70(57)82-68-34-28-50(55-20-11-7-16-45(55)3)39-61(68)62-40-51(29-35-69(62)82)56-21-12-8-17-46(56)4/h5-41H,1-4H3.